The van der Waals surface area contributed by atoms with Crippen molar-refractivity contribution < 1.29 is 23.7 Å². The summed E-state index contributed by atoms with van der Waals surface area (Å²) in [6.45, 7) is 4.52. The van der Waals surface area contributed by atoms with Crippen LogP contribution in [-0.2, 0) is 23.7 Å². The molecule has 5 nitrogen and oxygen atoms in total. The quantitative estimate of drug-likeness (QED) is 0.702. The van der Waals surface area contributed by atoms with Crippen LogP contribution >= 0.6 is 0 Å². The first-order valence-corrected chi connectivity index (χ1v) is 6.78. The maximum Gasteiger partial charge on any atom is 0.306 e. The van der Waals surface area contributed by atoms with Crippen molar-refractivity contribution in [3.8, 4) is 0 Å². The smallest absolute Gasteiger partial charge is 0.306 e. The van der Waals surface area contributed by atoms with Crippen LogP contribution < -0.4 is 0 Å². The lowest BCUT2D eigenvalue weighted by Gasteiger charge is -2.48. The topological polar surface area (TPSA) is 54.0 Å². The molecule has 3 heterocycles. The summed E-state index contributed by atoms with van der Waals surface area (Å²) < 4.78 is 22.7. The molecule has 0 radical (unpaired) electrons. The summed E-state index contributed by atoms with van der Waals surface area (Å²) in [5.41, 5.74) is -0.886. The molecule has 5 heteroatoms. The molecule has 0 aromatic carbocycles. The summed E-state index contributed by atoms with van der Waals surface area (Å²) in [4.78, 5) is 11.5. The molecule has 18 heavy (non-hydrogen) atoms. The van der Waals surface area contributed by atoms with Crippen LogP contribution in [0.2, 0.25) is 0 Å². The van der Waals surface area contributed by atoms with Crippen molar-refractivity contribution in [2.24, 2.45) is 5.92 Å². The van der Waals surface area contributed by atoms with E-state index in [0.717, 1.165) is 19.3 Å². The van der Waals surface area contributed by atoms with E-state index >= 15 is 0 Å². The third kappa shape index (κ3) is 1.47. The van der Waals surface area contributed by atoms with E-state index in [1.54, 1.807) is 0 Å². The van der Waals surface area contributed by atoms with Crippen molar-refractivity contribution in [3.63, 3.8) is 0 Å². The minimum atomic E-state index is -0.593. The lowest BCUT2D eigenvalue weighted by molar-refractivity contribution is -0.283. The van der Waals surface area contributed by atoms with Gasteiger partial charge in [-0.3, -0.25) is 4.79 Å². The van der Waals surface area contributed by atoms with Gasteiger partial charge in [0.1, 0.15) is 17.8 Å². The minimum Gasteiger partial charge on any atom is -0.462 e. The van der Waals surface area contributed by atoms with E-state index in [0.29, 0.717) is 13.0 Å². The number of hydrogen-bond acceptors (Lipinski definition) is 5. The van der Waals surface area contributed by atoms with Crippen LogP contribution in [0.15, 0.2) is 0 Å². The van der Waals surface area contributed by atoms with Crippen LogP contribution in [0.5, 0.6) is 0 Å². The molecule has 0 saturated carbocycles. The Hall–Kier alpha value is -0.650. The van der Waals surface area contributed by atoms with E-state index in [2.05, 4.69) is 13.8 Å². The van der Waals surface area contributed by atoms with Crippen LogP contribution in [-0.4, -0.2) is 36.9 Å². The summed E-state index contributed by atoms with van der Waals surface area (Å²) in [5, 5.41) is 0. The van der Waals surface area contributed by atoms with E-state index in [1.807, 2.05) is 0 Å². The zero-order valence-corrected chi connectivity index (χ0v) is 10.9. The molecule has 102 valence electrons. The summed E-state index contributed by atoms with van der Waals surface area (Å²) in [6, 6.07) is 0. The number of carbonyl (C=O) groups excluding carboxylic acids is 1. The van der Waals surface area contributed by atoms with Gasteiger partial charge in [0.05, 0.1) is 13.0 Å². The lowest BCUT2D eigenvalue weighted by atomic mass is 9.68. The number of fused-ring (bicyclic) bond motifs is 3. The van der Waals surface area contributed by atoms with Gasteiger partial charge in [0.2, 0.25) is 0 Å². The number of hydrogen-bond donors (Lipinski definition) is 0. The summed E-state index contributed by atoms with van der Waals surface area (Å²) in [7, 11) is 0. The van der Waals surface area contributed by atoms with E-state index in [1.165, 1.54) is 0 Å². The Bertz CT molecular complexity index is 357. The Morgan fingerprint density at radius 1 is 1.33 bits per heavy atom. The molecule has 4 unspecified atom stereocenters. The SMILES string of the molecule is CCC1CC(=O)OCC12OC1OCCC2(CC)O1. The molecular weight excluding hydrogens is 236 g/mol. The predicted molar refractivity (Wildman–Crippen MR) is 61.6 cm³/mol. The molecular formula is C13H20O5. The molecule has 3 aliphatic heterocycles. The first-order chi connectivity index (χ1) is 8.66. The van der Waals surface area contributed by atoms with Gasteiger partial charge >= 0.3 is 5.97 Å². The van der Waals surface area contributed by atoms with E-state index in [-0.39, 0.29) is 24.1 Å². The Morgan fingerprint density at radius 3 is 2.89 bits per heavy atom. The third-order valence-electron chi connectivity index (χ3n) is 4.74. The molecule has 0 aromatic rings. The minimum absolute atomic E-state index is 0.135. The number of ether oxygens (including phenoxy) is 4. The average Bonchev–Trinajstić information content (AvgIpc) is 2.61. The van der Waals surface area contributed by atoms with Crippen molar-refractivity contribution >= 4 is 5.97 Å². The summed E-state index contributed by atoms with van der Waals surface area (Å²) >= 11 is 0. The third-order valence-corrected chi connectivity index (χ3v) is 4.74. The van der Waals surface area contributed by atoms with E-state index < -0.39 is 12.1 Å². The molecule has 3 rings (SSSR count). The second kappa shape index (κ2) is 4.18. The van der Waals surface area contributed by atoms with Crippen LogP contribution in [0.3, 0.4) is 0 Å². The van der Waals surface area contributed by atoms with Gasteiger partial charge < -0.3 is 18.9 Å². The highest BCUT2D eigenvalue weighted by Crippen LogP contribution is 2.53. The maximum atomic E-state index is 11.5. The summed E-state index contributed by atoms with van der Waals surface area (Å²) in [6.07, 6.45) is 2.94. The van der Waals surface area contributed by atoms with Crippen molar-refractivity contribution in [3.05, 3.63) is 0 Å². The fraction of sp³-hybridized carbons (Fsp3) is 0.923. The molecule has 0 aliphatic carbocycles. The van der Waals surface area contributed by atoms with E-state index in [4.69, 9.17) is 18.9 Å². The van der Waals surface area contributed by atoms with Crippen LogP contribution in [0.1, 0.15) is 39.5 Å². The fourth-order valence-corrected chi connectivity index (χ4v) is 3.64. The van der Waals surface area contributed by atoms with Crippen molar-refractivity contribution in [2.45, 2.75) is 57.2 Å². The van der Waals surface area contributed by atoms with Gasteiger partial charge in [-0.05, 0) is 12.8 Å². The number of carbonyl (C=O) groups is 1. The molecule has 0 amide bonds. The number of esters is 1. The highest BCUT2D eigenvalue weighted by molar-refractivity contribution is 5.71. The Kier molecular flexibility index (Phi) is 2.88. The van der Waals surface area contributed by atoms with Gasteiger partial charge in [-0.1, -0.05) is 13.8 Å². The second-order valence-corrected chi connectivity index (χ2v) is 5.35. The maximum absolute atomic E-state index is 11.5. The first-order valence-electron chi connectivity index (χ1n) is 6.78. The van der Waals surface area contributed by atoms with Crippen LogP contribution in [0, 0.1) is 5.92 Å². The van der Waals surface area contributed by atoms with Gasteiger partial charge in [-0.25, -0.2) is 0 Å². The second-order valence-electron chi connectivity index (χ2n) is 5.35. The molecule has 0 N–H and O–H groups in total. The Morgan fingerprint density at radius 2 is 2.17 bits per heavy atom. The van der Waals surface area contributed by atoms with Gasteiger partial charge in [0.15, 0.2) is 0 Å². The average molecular weight is 256 g/mol. The largest absolute Gasteiger partial charge is 0.462 e. The van der Waals surface area contributed by atoms with Crippen molar-refractivity contribution in [1.29, 1.82) is 0 Å². The summed E-state index contributed by atoms with van der Waals surface area (Å²) in [5.74, 6) is 0.00935. The van der Waals surface area contributed by atoms with Gasteiger partial charge in [-0.2, -0.15) is 0 Å². The monoisotopic (exact) mass is 256 g/mol. The molecule has 3 fully saturated rings. The Labute approximate surface area is 107 Å². The zero-order chi connectivity index (χ0) is 12.8. The van der Waals surface area contributed by atoms with Crippen molar-refractivity contribution in [1.82, 2.24) is 0 Å². The molecule has 1 spiro atoms. The van der Waals surface area contributed by atoms with E-state index in [9.17, 15) is 4.79 Å². The molecule has 3 saturated heterocycles. The van der Waals surface area contributed by atoms with Gasteiger partial charge in [0, 0.05) is 12.3 Å². The predicted octanol–water partition coefficient (Wildman–Crippen LogP) is 1.60. The van der Waals surface area contributed by atoms with Gasteiger partial charge in [-0.15, -0.1) is 0 Å². The van der Waals surface area contributed by atoms with Crippen LogP contribution in [0.25, 0.3) is 0 Å². The van der Waals surface area contributed by atoms with Crippen LogP contribution in [0.4, 0.5) is 0 Å². The highest BCUT2D eigenvalue weighted by atomic mass is 16.9. The first kappa shape index (κ1) is 12.4. The molecule has 2 bridgehead atoms. The van der Waals surface area contributed by atoms with Gasteiger partial charge in [0.25, 0.3) is 6.48 Å². The van der Waals surface area contributed by atoms with Crippen molar-refractivity contribution in [2.75, 3.05) is 13.2 Å². The lowest BCUT2D eigenvalue weighted by Crippen LogP contribution is -2.62. The highest BCUT2D eigenvalue weighted by Gasteiger charge is 2.67. The number of rotatable bonds is 2. The molecule has 4 atom stereocenters. The Balaban J connectivity index is 1.98. The number of cyclic esters (lactones) is 1. The normalized spacial score (nSPS) is 47.3. The fourth-order valence-electron chi connectivity index (χ4n) is 3.64. The standard InChI is InChI=1S/C13H20O5/c1-3-9-7-10(14)16-8-13(9)12(4-2)5-6-15-11(17-12)18-13/h9,11H,3-8H2,1-2H3. The molecule has 3 aliphatic rings. The zero-order valence-electron chi connectivity index (χ0n) is 10.9. The molecule has 0 aromatic heterocycles.